The van der Waals surface area contributed by atoms with Crippen molar-refractivity contribution in [3.8, 4) is 5.75 Å². The minimum atomic E-state index is -3.95. The van der Waals surface area contributed by atoms with Crippen molar-refractivity contribution in [2.75, 3.05) is 0 Å². The maximum absolute atomic E-state index is 12.6. The summed E-state index contributed by atoms with van der Waals surface area (Å²) in [7, 11) is -3.95. The molecule has 0 saturated carbocycles. The molecule has 1 aromatic carbocycles. The van der Waals surface area contributed by atoms with E-state index in [1.54, 1.807) is 0 Å². The second-order valence-electron chi connectivity index (χ2n) is 2.28. The van der Waals surface area contributed by atoms with Crippen LogP contribution >= 0.6 is 15.9 Å². The van der Waals surface area contributed by atoms with Gasteiger partial charge in [0.1, 0.15) is 0 Å². The second-order valence-corrected chi connectivity index (χ2v) is 4.66. The van der Waals surface area contributed by atoms with E-state index in [1.165, 1.54) is 0 Å². The molecular formula is C6H5BrFNO3S. The lowest BCUT2D eigenvalue weighted by Crippen LogP contribution is -2.12. The molecule has 1 aromatic rings. The normalized spacial score (nSPS) is 11.6. The molecule has 0 bridgehead atoms. The van der Waals surface area contributed by atoms with Gasteiger partial charge in [-0.3, -0.25) is 0 Å². The van der Waals surface area contributed by atoms with Crippen LogP contribution in [0, 0.1) is 5.82 Å². The van der Waals surface area contributed by atoms with E-state index in [-0.39, 0.29) is 9.37 Å². The molecule has 0 saturated heterocycles. The van der Waals surface area contributed by atoms with Crippen LogP contribution in [0.4, 0.5) is 4.39 Å². The summed E-state index contributed by atoms with van der Waals surface area (Å²) in [4.78, 5) is -0.355. The molecule has 0 amide bonds. The van der Waals surface area contributed by atoms with Crippen LogP contribution in [0.5, 0.6) is 5.75 Å². The third kappa shape index (κ3) is 2.17. The molecule has 0 aliphatic heterocycles. The third-order valence-corrected chi connectivity index (χ3v) is 3.18. The van der Waals surface area contributed by atoms with Crippen LogP contribution in [-0.2, 0) is 10.0 Å². The van der Waals surface area contributed by atoms with Gasteiger partial charge in [0.15, 0.2) is 11.6 Å². The molecule has 7 heteroatoms. The number of hydrogen-bond acceptors (Lipinski definition) is 3. The number of hydrogen-bond donors (Lipinski definition) is 2. The van der Waals surface area contributed by atoms with Crippen molar-refractivity contribution in [1.82, 2.24) is 0 Å². The van der Waals surface area contributed by atoms with E-state index in [0.29, 0.717) is 0 Å². The highest BCUT2D eigenvalue weighted by molar-refractivity contribution is 9.10. The molecule has 4 nitrogen and oxygen atoms in total. The fraction of sp³-hybridized carbons (Fsp3) is 0. The number of sulfonamides is 1. The van der Waals surface area contributed by atoms with Gasteiger partial charge in [0.25, 0.3) is 0 Å². The van der Waals surface area contributed by atoms with Crippen molar-refractivity contribution < 1.29 is 17.9 Å². The standard InChI is InChI=1S/C6H5BrFNO3S/c7-3-1-4(8)5(10)2-6(3)13(9,11)12/h1-2,10H,(H2,9,11,12). The Morgan fingerprint density at radius 2 is 2.00 bits per heavy atom. The molecular weight excluding hydrogens is 265 g/mol. The van der Waals surface area contributed by atoms with E-state index in [2.05, 4.69) is 15.9 Å². The highest BCUT2D eigenvalue weighted by Crippen LogP contribution is 2.27. The summed E-state index contributed by atoms with van der Waals surface area (Å²) >= 11 is 2.81. The number of benzene rings is 1. The molecule has 0 aliphatic carbocycles. The summed E-state index contributed by atoms with van der Waals surface area (Å²) in [6.07, 6.45) is 0. The molecule has 0 heterocycles. The Balaban J connectivity index is 3.50. The van der Waals surface area contributed by atoms with Gasteiger partial charge < -0.3 is 5.11 Å². The van der Waals surface area contributed by atoms with Crippen molar-refractivity contribution >= 4 is 26.0 Å². The average molecular weight is 270 g/mol. The van der Waals surface area contributed by atoms with E-state index in [1.807, 2.05) is 0 Å². The number of halogens is 2. The lowest BCUT2D eigenvalue weighted by Gasteiger charge is -2.02. The minimum Gasteiger partial charge on any atom is -0.505 e. The topological polar surface area (TPSA) is 80.4 Å². The smallest absolute Gasteiger partial charge is 0.239 e. The van der Waals surface area contributed by atoms with Crippen LogP contribution < -0.4 is 5.14 Å². The monoisotopic (exact) mass is 269 g/mol. The fourth-order valence-corrected chi connectivity index (χ4v) is 2.34. The first-order valence-corrected chi connectivity index (χ1v) is 5.37. The summed E-state index contributed by atoms with van der Waals surface area (Å²) < 4.78 is 34.3. The van der Waals surface area contributed by atoms with Gasteiger partial charge in [0, 0.05) is 10.5 Å². The van der Waals surface area contributed by atoms with E-state index in [0.717, 1.165) is 12.1 Å². The summed E-state index contributed by atoms with van der Waals surface area (Å²) in [5.74, 6) is -1.67. The molecule has 0 spiro atoms. The molecule has 13 heavy (non-hydrogen) atoms. The maximum atomic E-state index is 12.6. The number of phenolic OH excluding ortho intramolecular Hbond substituents is 1. The van der Waals surface area contributed by atoms with Gasteiger partial charge in [0.05, 0.1) is 4.90 Å². The maximum Gasteiger partial charge on any atom is 0.239 e. The number of rotatable bonds is 1. The Morgan fingerprint density at radius 1 is 1.46 bits per heavy atom. The molecule has 0 unspecified atom stereocenters. The van der Waals surface area contributed by atoms with Crippen molar-refractivity contribution in [3.63, 3.8) is 0 Å². The van der Waals surface area contributed by atoms with Crippen LogP contribution in [0.15, 0.2) is 21.5 Å². The van der Waals surface area contributed by atoms with Crippen LogP contribution in [-0.4, -0.2) is 13.5 Å². The first-order chi connectivity index (χ1) is 5.82. The fourth-order valence-electron chi connectivity index (χ4n) is 0.736. The molecule has 0 aromatic heterocycles. The first-order valence-electron chi connectivity index (χ1n) is 3.03. The van der Waals surface area contributed by atoms with E-state index in [9.17, 15) is 12.8 Å². The molecule has 1 rings (SSSR count). The van der Waals surface area contributed by atoms with Gasteiger partial charge in [-0.25, -0.2) is 17.9 Å². The van der Waals surface area contributed by atoms with Crippen molar-refractivity contribution in [2.24, 2.45) is 5.14 Å². The summed E-state index contributed by atoms with van der Waals surface area (Å²) in [6.45, 7) is 0. The quantitative estimate of drug-likeness (QED) is 0.796. The van der Waals surface area contributed by atoms with E-state index >= 15 is 0 Å². The number of nitrogens with two attached hydrogens (primary N) is 1. The Bertz CT molecular complexity index is 445. The van der Waals surface area contributed by atoms with Gasteiger partial charge in [-0.15, -0.1) is 0 Å². The second kappa shape index (κ2) is 3.24. The van der Waals surface area contributed by atoms with Gasteiger partial charge in [-0.2, -0.15) is 0 Å². The Morgan fingerprint density at radius 3 is 2.46 bits per heavy atom. The zero-order valence-electron chi connectivity index (χ0n) is 6.16. The molecule has 0 radical (unpaired) electrons. The number of primary sulfonamides is 1. The van der Waals surface area contributed by atoms with Crippen LogP contribution in [0.25, 0.3) is 0 Å². The van der Waals surface area contributed by atoms with Gasteiger partial charge in [-0.1, -0.05) is 0 Å². The SMILES string of the molecule is NS(=O)(=O)c1cc(O)c(F)cc1Br. The Hall–Kier alpha value is -0.660. The molecule has 72 valence electrons. The molecule has 3 N–H and O–H groups in total. The number of aromatic hydroxyl groups is 1. The first kappa shape index (κ1) is 10.4. The van der Waals surface area contributed by atoms with Crippen molar-refractivity contribution in [3.05, 3.63) is 22.4 Å². The zero-order valence-corrected chi connectivity index (χ0v) is 8.56. The third-order valence-electron chi connectivity index (χ3n) is 1.31. The lowest BCUT2D eigenvalue weighted by molar-refractivity contribution is 0.429. The zero-order chi connectivity index (χ0) is 10.2. The number of phenols is 1. The van der Waals surface area contributed by atoms with Gasteiger partial charge in [0.2, 0.25) is 10.0 Å². The van der Waals surface area contributed by atoms with E-state index < -0.39 is 21.6 Å². The van der Waals surface area contributed by atoms with Gasteiger partial charge in [-0.05, 0) is 22.0 Å². The highest BCUT2D eigenvalue weighted by Gasteiger charge is 2.15. The van der Waals surface area contributed by atoms with E-state index in [4.69, 9.17) is 10.2 Å². The summed E-state index contributed by atoms with van der Waals surface area (Å²) in [5, 5.41) is 13.7. The van der Waals surface area contributed by atoms with Crippen LogP contribution in [0.3, 0.4) is 0 Å². The van der Waals surface area contributed by atoms with Crippen molar-refractivity contribution in [1.29, 1.82) is 0 Å². The largest absolute Gasteiger partial charge is 0.505 e. The summed E-state index contributed by atoms with van der Waals surface area (Å²) in [6, 6.07) is 1.57. The van der Waals surface area contributed by atoms with Crippen molar-refractivity contribution in [2.45, 2.75) is 4.90 Å². The predicted octanol–water partition coefficient (Wildman–Crippen LogP) is 0.941. The molecule has 0 atom stereocenters. The highest BCUT2D eigenvalue weighted by atomic mass is 79.9. The average Bonchev–Trinajstić information content (AvgIpc) is 1.94. The minimum absolute atomic E-state index is 0.0229. The predicted molar refractivity (Wildman–Crippen MR) is 47.1 cm³/mol. The molecule has 0 fully saturated rings. The lowest BCUT2D eigenvalue weighted by atomic mass is 10.3. The summed E-state index contributed by atoms with van der Waals surface area (Å²) in [5.41, 5.74) is 0. The van der Waals surface area contributed by atoms with Gasteiger partial charge >= 0.3 is 0 Å². The van der Waals surface area contributed by atoms with Crippen LogP contribution in [0.1, 0.15) is 0 Å². The van der Waals surface area contributed by atoms with Crippen LogP contribution in [0.2, 0.25) is 0 Å². The Labute approximate surface area is 82.4 Å². The molecule has 0 aliphatic rings. The Kier molecular flexibility index (Phi) is 2.60.